The summed E-state index contributed by atoms with van der Waals surface area (Å²) in [6.07, 6.45) is 0. The van der Waals surface area contributed by atoms with Crippen molar-refractivity contribution in [2.45, 2.75) is 13.5 Å². The highest BCUT2D eigenvalue weighted by Gasteiger charge is 2.11. The fourth-order valence-electron chi connectivity index (χ4n) is 1.70. The summed E-state index contributed by atoms with van der Waals surface area (Å²) < 4.78 is 10.8. The van der Waals surface area contributed by atoms with E-state index in [1.54, 1.807) is 13.2 Å². The van der Waals surface area contributed by atoms with Crippen molar-refractivity contribution in [1.29, 1.82) is 0 Å². The molecule has 3 N–H and O–H groups in total. The van der Waals surface area contributed by atoms with Crippen LogP contribution in [-0.2, 0) is 6.61 Å². The number of hydrogen-bond donors (Lipinski definition) is 2. The van der Waals surface area contributed by atoms with Gasteiger partial charge in [-0.05, 0) is 25.1 Å². The molecule has 2 rings (SSSR count). The number of aryl methyl sites for hydroxylation is 1. The van der Waals surface area contributed by atoms with E-state index in [4.69, 9.17) is 15.3 Å². The summed E-state index contributed by atoms with van der Waals surface area (Å²) in [5.74, 6) is 6.30. The molecule has 0 aliphatic heterocycles. The van der Waals surface area contributed by atoms with E-state index >= 15 is 0 Å². The van der Waals surface area contributed by atoms with Crippen LogP contribution in [0, 0.1) is 6.92 Å². The molecule has 0 atom stereocenters. The van der Waals surface area contributed by atoms with E-state index in [9.17, 15) is 4.79 Å². The van der Waals surface area contributed by atoms with Crippen molar-refractivity contribution in [2.75, 3.05) is 7.11 Å². The number of methoxy groups -OCH3 is 1. The first-order chi connectivity index (χ1) is 9.63. The second kappa shape index (κ2) is 6.40. The van der Waals surface area contributed by atoms with Crippen LogP contribution in [0.1, 0.15) is 20.1 Å². The highest BCUT2D eigenvalue weighted by Crippen LogP contribution is 2.24. The molecule has 1 amide bonds. The van der Waals surface area contributed by atoms with Gasteiger partial charge in [-0.15, -0.1) is 11.3 Å². The Labute approximate surface area is 121 Å². The van der Waals surface area contributed by atoms with Gasteiger partial charge in [0.05, 0.1) is 12.0 Å². The molecule has 0 saturated heterocycles. The van der Waals surface area contributed by atoms with E-state index in [-0.39, 0.29) is 5.91 Å². The lowest BCUT2D eigenvalue weighted by Crippen LogP contribution is -2.29. The van der Waals surface area contributed by atoms with Gasteiger partial charge in [-0.2, -0.15) is 0 Å². The number of rotatable bonds is 5. The maximum atomic E-state index is 11.5. The fourth-order valence-corrected chi connectivity index (χ4v) is 2.63. The highest BCUT2D eigenvalue weighted by molar-refractivity contribution is 7.14. The Morgan fingerprint density at radius 1 is 1.35 bits per heavy atom. The van der Waals surface area contributed by atoms with Gasteiger partial charge in [0.25, 0.3) is 5.91 Å². The van der Waals surface area contributed by atoms with Gasteiger partial charge >= 0.3 is 0 Å². The second-order valence-corrected chi connectivity index (χ2v) is 5.39. The third kappa shape index (κ3) is 3.28. The van der Waals surface area contributed by atoms with Crippen LogP contribution in [-0.4, -0.2) is 13.0 Å². The number of ether oxygens (including phenoxy) is 2. The number of nitrogens with two attached hydrogens (primary N) is 1. The van der Waals surface area contributed by atoms with E-state index in [0.717, 1.165) is 21.9 Å². The molecule has 0 fully saturated rings. The normalized spacial score (nSPS) is 10.2. The van der Waals surface area contributed by atoms with Crippen molar-refractivity contribution in [3.8, 4) is 11.5 Å². The van der Waals surface area contributed by atoms with Gasteiger partial charge in [-0.1, -0.05) is 6.07 Å². The molecule has 0 aliphatic rings. The Kier molecular flexibility index (Phi) is 4.60. The average molecular weight is 292 g/mol. The molecule has 6 heteroatoms. The van der Waals surface area contributed by atoms with Gasteiger partial charge in [-0.25, -0.2) is 5.84 Å². The Morgan fingerprint density at radius 3 is 2.80 bits per heavy atom. The topological polar surface area (TPSA) is 73.6 Å². The molecule has 1 aromatic heterocycles. The summed E-state index contributed by atoms with van der Waals surface area (Å²) in [6.45, 7) is 2.34. The number of hydrogen-bond acceptors (Lipinski definition) is 5. The smallest absolute Gasteiger partial charge is 0.275 e. The van der Waals surface area contributed by atoms with Crippen molar-refractivity contribution in [3.63, 3.8) is 0 Å². The number of amides is 1. The van der Waals surface area contributed by atoms with Crippen molar-refractivity contribution in [2.24, 2.45) is 5.84 Å². The van der Waals surface area contributed by atoms with Crippen LogP contribution in [0.15, 0.2) is 30.3 Å². The van der Waals surface area contributed by atoms with Gasteiger partial charge in [-0.3, -0.25) is 10.2 Å². The SMILES string of the molecule is COc1cccc(OCc2cc(C(=O)NN)sc2C)c1. The third-order valence-corrected chi connectivity index (χ3v) is 3.90. The maximum absolute atomic E-state index is 11.5. The predicted octanol–water partition coefficient (Wildman–Crippen LogP) is 2.25. The van der Waals surface area contributed by atoms with Gasteiger partial charge in [0, 0.05) is 16.5 Å². The fraction of sp³-hybridized carbons (Fsp3) is 0.214. The van der Waals surface area contributed by atoms with Gasteiger partial charge in [0.1, 0.15) is 18.1 Å². The van der Waals surface area contributed by atoms with Crippen LogP contribution in [0.2, 0.25) is 0 Å². The molecule has 20 heavy (non-hydrogen) atoms. The van der Waals surface area contributed by atoms with Crippen LogP contribution in [0.3, 0.4) is 0 Å². The second-order valence-electron chi connectivity index (χ2n) is 4.13. The molecule has 1 aromatic carbocycles. The van der Waals surface area contributed by atoms with Crippen molar-refractivity contribution in [1.82, 2.24) is 5.43 Å². The molecule has 0 aliphatic carbocycles. The summed E-state index contributed by atoms with van der Waals surface area (Å²) in [4.78, 5) is 13.1. The van der Waals surface area contributed by atoms with Gasteiger partial charge < -0.3 is 9.47 Å². The average Bonchev–Trinajstić information content (AvgIpc) is 2.85. The minimum atomic E-state index is -0.286. The van der Waals surface area contributed by atoms with Crippen LogP contribution in [0.4, 0.5) is 0 Å². The number of nitrogen functional groups attached to an aromatic ring is 1. The lowest BCUT2D eigenvalue weighted by Gasteiger charge is -2.07. The van der Waals surface area contributed by atoms with Gasteiger partial charge in [0.15, 0.2) is 0 Å². The zero-order chi connectivity index (χ0) is 14.5. The summed E-state index contributed by atoms with van der Waals surface area (Å²) in [7, 11) is 1.61. The predicted molar refractivity (Wildman–Crippen MR) is 78.0 cm³/mol. The van der Waals surface area contributed by atoms with E-state index in [0.29, 0.717) is 11.5 Å². The van der Waals surface area contributed by atoms with E-state index in [1.807, 2.05) is 31.2 Å². The minimum Gasteiger partial charge on any atom is -0.497 e. The van der Waals surface area contributed by atoms with Crippen molar-refractivity contribution < 1.29 is 14.3 Å². The lowest BCUT2D eigenvalue weighted by atomic mass is 10.2. The van der Waals surface area contributed by atoms with Crippen LogP contribution in [0.25, 0.3) is 0 Å². The van der Waals surface area contributed by atoms with Crippen LogP contribution in [0.5, 0.6) is 11.5 Å². The molecule has 2 aromatic rings. The Balaban J connectivity index is 2.06. The van der Waals surface area contributed by atoms with Crippen LogP contribution >= 0.6 is 11.3 Å². The lowest BCUT2D eigenvalue weighted by molar-refractivity contribution is 0.0957. The summed E-state index contributed by atoms with van der Waals surface area (Å²) in [5, 5.41) is 0. The standard InChI is InChI=1S/C14H16N2O3S/c1-9-10(6-13(20-9)14(17)16-15)8-19-12-5-3-4-11(7-12)18-2/h3-7H,8,15H2,1-2H3,(H,16,17). The number of nitrogens with one attached hydrogen (secondary N) is 1. The first-order valence-corrected chi connectivity index (χ1v) is 6.82. The summed E-state index contributed by atoms with van der Waals surface area (Å²) in [6, 6.07) is 9.18. The molecule has 1 heterocycles. The van der Waals surface area contributed by atoms with Gasteiger partial charge in [0.2, 0.25) is 0 Å². The van der Waals surface area contributed by atoms with Crippen molar-refractivity contribution >= 4 is 17.2 Å². The largest absolute Gasteiger partial charge is 0.497 e. The Bertz CT molecular complexity index is 610. The first-order valence-electron chi connectivity index (χ1n) is 6.01. The zero-order valence-electron chi connectivity index (χ0n) is 11.3. The molecule has 0 bridgehead atoms. The van der Waals surface area contributed by atoms with E-state index < -0.39 is 0 Å². The summed E-state index contributed by atoms with van der Waals surface area (Å²) >= 11 is 1.39. The molecule has 5 nitrogen and oxygen atoms in total. The molecule has 0 spiro atoms. The molecule has 0 saturated carbocycles. The quantitative estimate of drug-likeness (QED) is 0.503. The number of benzene rings is 1. The number of thiophene rings is 1. The number of carbonyl (C=O) groups is 1. The highest BCUT2D eigenvalue weighted by atomic mass is 32.1. The van der Waals surface area contributed by atoms with Crippen molar-refractivity contribution in [3.05, 3.63) is 45.6 Å². The van der Waals surface area contributed by atoms with E-state index in [1.165, 1.54) is 11.3 Å². The number of hydrazine groups is 1. The molecular formula is C14H16N2O3S. The third-order valence-electron chi connectivity index (χ3n) is 2.81. The molecule has 0 radical (unpaired) electrons. The van der Waals surface area contributed by atoms with E-state index in [2.05, 4.69) is 5.43 Å². The monoisotopic (exact) mass is 292 g/mol. The first kappa shape index (κ1) is 14.4. The number of carbonyl (C=O) groups excluding carboxylic acids is 1. The maximum Gasteiger partial charge on any atom is 0.275 e. The minimum absolute atomic E-state index is 0.286. The Hall–Kier alpha value is -2.05. The molecule has 106 valence electrons. The zero-order valence-corrected chi connectivity index (χ0v) is 12.1. The molecule has 0 unspecified atom stereocenters. The van der Waals surface area contributed by atoms with Crippen LogP contribution < -0.4 is 20.7 Å². The molecular weight excluding hydrogens is 276 g/mol. The Morgan fingerprint density at radius 2 is 2.10 bits per heavy atom. The summed E-state index contributed by atoms with van der Waals surface area (Å²) in [5.41, 5.74) is 3.09.